The normalized spacial score (nSPS) is 13.2. The maximum Gasteiger partial charge on any atom is 0.306 e. The Morgan fingerprint density at radius 3 is 1.21 bits per heavy atom. The standard InChI is InChI=1S/C52H80O6/c1-4-7-10-13-16-19-22-25-26-28-30-33-36-39-42-45-51(54)57-48-49(47-56-50(53)44-41-38-35-32-29-24-21-18-15-12-9-6-3)58-52(55)46-43-40-37-34-31-27-23-20-17-14-11-8-5-2/h7-14,16-23,27,31,34,37,49H,4-6,15,24-26,28-30,32-33,35-36,38-48H2,1-3H3/b10-7-,11-8-,12-9-,16-13-,17-14-,21-18-,22-19-,23-20-,31-27-,37-34-. The van der Waals surface area contributed by atoms with E-state index in [2.05, 4.69) is 87.6 Å². The van der Waals surface area contributed by atoms with Gasteiger partial charge in [0, 0.05) is 19.3 Å². The molecule has 0 saturated heterocycles. The third-order valence-corrected chi connectivity index (χ3v) is 8.88. The molecular formula is C52H80O6. The van der Waals surface area contributed by atoms with Gasteiger partial charge in [-0.1, -0.05) is 194 Å². The third-order valence-electron chi connectivity index (χ3n) is 8.88. The first kappa shape index (κ1) is 53.8. The van der Waals surface area contributed by atoms with Crippen LogP contribution >= 0.6 is 0 Å². The predicted molar refractivity (Wildman–Crippen MR) is 246 cm³/mol. The van der Waals surface area contributed by atoms with E-state index in [0.29, 0.717) is 19.3 Å². The van der Waals surface area contributed by atoms with Crippen molar-refractivity contribution >= 4 is 17.9 Å². The lowest BCUT2D eigenvalue weighted by Gasteiger charge is -2.18. The van der Waals surface area contributed by atoms with E-state index in [1.165, 1.54) is 19.3 Å². The molecule has 0 heterocycles. The molecule has 0 bridgehead atoms. The van der Waals surface area contributed by atoms with Gasteiger partial charge in [-0.05, 0) is 77.0 Å². The number of hydrogen-bond donors (Lipinski definition) is 0. The zero-order chi connectivity index (χ0) is 42.3. The SMILES string of the molecule is CC\C=C/C=C\C=C/C=C\C=C/CCCC(=O)OC(COC(=O)CCCCCCC/C=C\C/C=C\CC)COC(=O)CCCCCCCCC\C=C/C=C\C=C/CC. The molecule has 0 radical (unpaired) electrons. The van der Waals surface area contributed by atoms with Crippen molar-refractivity contribution in [1.29, 1.82) is 0 Å². The van der Waals surface area contributed by atoms with Crippen LogP contribution in [-0.4, -0.2) is 37.2 Å². The molecule has 0 aromatic heterocycles. The molecule has 324 valence electrons. The molecular weight excluding hydrogens is 721 g/mol. The smallest absolute Gasteiger partial charge is 0.306 e. The second-order valence-electron chi connectivity index (χ2n) is 14.3. The molecule has 0 aliphatic rings. The fraction of sp³-hybridized carbons (Fsp3) is 0.558. The molecule has 58 heavy (non-hydrogen) atoms. The number of hydrogen-bond acceptors (Lipinski definition) is 6. The Morgan fingerprint density at radius 1 is 0.362 bits per heavy atom. The zero-order valence-corrected chi connectivity index (χ0v) is 36.8. The van der Waals surface area contributed by atoms with Crippen LogP contribution in [0.1, 0.15) is 168 Å². The summed E-state index contributed by atoms with van der Waals surface area (Å²) in [4.78, 5) is 37.7. The van der Waals surface area contributed by atoms with Crippen molar-refractivity contribution in [1.82, 2.24) is 0 Å². The Balaban J connectivity index is 4.55. The van der Waals surface area contributed by atoms with Crippen LogP contribution in [0.4, 0.5) is 0 Å². The number of rotatable bonds is 38. The average molecular weight is 801 g/mol. The molecule has 0 spiro atoms. The van der Waals surface area contributed by atoms with Gasteiger partial charge in [0.05, 0.1) is 0 Å². The van der Waals surface area contributed by atoms with Gasteiger partial charge in [0.1, 0.15) is 13.2 Å². The van der Waals surface area contributed by atoms with E-state index in [-0.39, 0.29) is 31.6 Å². The van der Waals surface area contributed by atoms with Gasteiger partial charge in [0.2, 0.25) is 0 Å². The van der Waals surface area contributed by atoms with E-state index < -0.39 is 12.1 Å². The largest absolute Gasteiger partial charge is 0.462 e. The minimum absolute atomic E-state index is 0.122. The second-order valence-corrected chi connectivity index (χ2v) is 14.3. The van der Waals surface area contributed by atoms with Crippen molar-refractivity contribution in [2.75, 3.05) is 13.2 Å². The highest BCUT2D eigenvalue weighted by atomic mass is 16.6. The first-order valence-corrected chi connectivity index (χ1v) is 22.6. The quantitative estimate of drug-likeness (QED) is 0.0203. The van der Waals surface area contributed by atoms with Gasteiger partial charge < -0.3 is 14.2 Å². The first-order valence-electron chi connectivity index (χ1n) is 22.6. The summed E-state index contributed by atoms with van der Waals surface area (Å²) < 4.78 is 16.6. The maximum absolute atomic E-state index is 12.7. The van der Waals surface area contributed by atoms with E-state index >= 15 is 0 Å². The van der Waals surface area contributed by atoms with Crippen LogP contribution in [0.3, 0.4) is 0 Å². The van der Waals surface area contributed by atoms with E-state index in [1.807, 2.05) is 54.7 Å². The second kappa shape index (κ2) is 45.5. The number of ether oxygens (including phenoxy) is 3. The van der Waals surface area contributed by atoms with E-state index in [0.717, 1.165) is 103 Å². The number of unbranched alkanes of at least 4 members (excludes halogenated alkanes) is 13. The summed E-state index contributed by atoms with van der Waals surface area (Å²) >= 11 is 0. The summed E-state index contributed by atoms with van der Waals surface area (Å²) in [6.07, 6.45) is 61.9. The minimum atomic E-state index is -0.827. The highest BCUT2D eigenvalue weighted by Crippen LogP contribution is 2.12. The predicted octanol–water partition coefficient (Wildman–Crippen LogP) is 14.6. The average Bonchev–Trinajstić information content (AvgIpc) is 3.22. The van der Waals surface area contributed by atoms with Gasteiger partial charge in [0.15, 0.2) is 6.10 Å². The Kier molecular flexibility index (Phi) is 42.2. The molecule has 1 atom stereocenters. The van der Waals surface area contributed by atoms with Gasteiger partial charge in [-0.3, -0.25) is 14.4 Å². The number of allylic oxidation sites excluding steroid dienone is 20. The van der Waals surface area contributed by atoms with Gasteiger partial charge in [0.25, 0.3) is 0 Å². The molecule has 6 nitrogen and oxygen atoms in total. The molecule has 0 fully saturated rings. The molecule has 0 aromatic carbocycles. The van der Waals surface area contributed by atoms with E-state index in [9.17, 15) is 14.4 Å². The van der Waals surface area contributed by atoms with Crippen molar-refractivity contribution in [2.24, 2.45) is 0 Å². The molecule has 0 aliphatic carbocycles. The Morgan fingerprint density at radius 2 is 0.724 bits per heavy atom. The lowest BCUT2D eigenvalue weighted by molar-refractivity contribution is -0.167. The lowest BCUT2D eigenvalue weighted by atomic mass is 10.1. The number of esters is 3. The maximum atomic E-state index is 12.7. The zero-order valence-electron chi connectivity index (χ0n) is 36.8. The van der Waals surface area contributed by atoms with Crippen LogP contribution in [0, 0.1) is 0 Å². The van der Waals surface area contributed by atoms with Crippen molar-refractivity contribution < 1.29 is 28.6 Å². The van der Waals surface area contributed by atoms with Crippen LogP contribution in [-0.2, 0) is 28.6 Å². The topological polar surface area (TPSA) is 78.9 Å². The lowest BCUT2D eigenvalue weighted by Crippen LogP contribution is -2.30. The summed E-state index contributed by atoms with van der Waals surface area (Å²) in [5, 5.41) is 0. The van der Waals surface area contributed by atoms with Crippen molar-refractivity contribution in [2.45, 2.75) is 175 Å². The number of carbonyl (C=O) groups is 3. The van der Waals surface area contributed by atoms with Crippen LogP contribution in [0.15, 0.2) is 122 Å². The van der Waals surface area contributed by atoms with Crippen molar-refractivity contribution in [3.63, 3.8) is 0 Å². The summed E-state index contributed by atoms with van der Waals surface area (Å²) in [5.41, 5.74) is 0. The monoisotopic (exact) mass is 801 g/mol. The van der Waals surface area contributed by atoms with Gasteiger partial charge in [-0.25, -0.2) is 0 Å². The summed E-state index contributed by atoms with van der Waals surface area (Å²) in [7, 11) is 0. The van der Waals surface area contributed by atoms with Crippen molar-refractivity contribution in [3.05, 3.63) is 122 Å². The van der Waals surface area contributed by atoms with Crippen molar-refractivity contribution in [3.8, 4) is 0 Å². The molecule has 0 amide bonds. The third kappa shape index (κ3) is 42.9. The Labute approximate surface area is 354 Å². The van der Waals surface area contributed by atoms with Gasteiger partial charge in [-0.15, -0.1) is 0 Å². The van der Waals surface area contributed by atoms with Crippen LogP contribution in [0.25, 0.3) is 0 Å². The summed E-state index contributed by atoms with van der Waals surface area (Å²) in [6, 6.07) is 0. The molecule has 0 aromatic rings. The Bertz CT molecular complexity index is 1290. The Hall–Kier alpha value is -4.19. The highest BCUT2D eigenvalue weighted by molar-refractivity contribution is 5.71. The molecule has 1 unspecified atom stereocenters. The minimum Gasteiger partial charge on any atom is -0.462 e. The molecule has 0 rings (SSSR count). The van der Waals surface area contributed by atoms with Crippen LogP contribution in [0.5, 0.6) is 0 Å². The number of carbonyl (C=O) groups excluding carboxylic acids is 3. The fourth-order valence-electron chi connectivity index (χ4n) is 5.57. The molecule has 0 aliphatic heterocycles. The molecule has 0 saturated carbocycles. The van der Waals surface area contributed by atoms with E-state index in [4.69, 9.17) is 14.2 Å². The van der Waals surface area contributed by atoms with Gasteiger partial charge >= 0.3 is 17.9 Å². The first-order chi connectivity index (χ1) is 28.5. The molecule has 0 N–H and O–H groups in total. The molecule has 6 heteroatoms. The summed E-state index contributed by atoms with van der Waals surface area (Å²) in [5.74, 6) is -1.04. The fourth-order valence-corrected chi connectivity index (χ4v) is 5.57. The highest BCUT2D eigenvalue weighted by Gasteiger charge is 2.19. The van der Waals surface area contributed by atoms with E-state index in [1.54, 1.807) is 0 Å². The van der Waals surface area contributed by atoms with Gasteiger partial charge in [-0.2, -0.15) is 0 Å². The summed E-state index contributed by atoms with van der Waals surface area (Å²) in [6.45, 7) is 6.13. The van der Waals surface area contributed by atoms with Crippen LogP contribution < -0.4 is 0 Å². The van der Waals surface area contributed by atoms with Crippen LogP contribution in [0.2, 0.25) is 0 Å².